The van der Waals surface area contributed by atoms with E-state index in [1.165, 1.54) is 12.3 Å². The van der Waals surface area contributed by atoms with Crippen LogP contribution in [0.25, 0.3) is 0 Å². The molecule has 13 heavy (non-hydrogen) atoms. The van der Waals surface area contributed by atoms with Crippen molar-refractivity contribution in [2.75, 3.05) is 6.54 Å². The summed E-state index contributed by atoms with van der Waals surface area (Å²) in [6.45, 7) is 1.47. The quantitative estimate of drug-likeness (QED) is 0.668. The maximum atomic E-state index is 11.2. The average molecular weight is 181 g/mol. The Hall–Kier alpha value is -1.16. The predicted molar refractivity (Wildman–Crippen MR) is 51.4 cm³/mol. The highest BCUT2D eigenvalue weighted by molar-refractivity contribution is 4.81. The van der Waals surface area contributed by atoms with E-state index < -0.39 is 0 Å². The van der Waals surface area contributed by atoms with Gasteiger partial charge in [0, 0.05) is 18.8 Å². The minimum absolute atomic E-state index is 0.0164. The van der Waals surface area contributed by atoms with E-state index in [-0.39, 0.29) is 5.56 Å². The molecule has 0 amide bonds. The molecule has 72 valence electrons. The smallest absolute Gasteiger partial charge is 0.253 e. The molecule has 0 saturated heterocycles. The van der Waals surface area contributed by atoms with E-state index in [0.717, 1.165) is 32.4 Å². The fraction of sp³-hybridized carbons (Fsp3) is 0.556. The Morgan fingerprint density at radius 2 is 2.23 bits per heavy atom. The van der Waals surface area contributed by atoms with Crippen LogP contribution in [0.3, 0.4) is 0 Å². The molecular weight excluding hydrogens is 166 g/mol. The standard InChI is InChI=1S/C9H15N3O/c10-5-2-1-3-7-12-8-11-6-4-9(12)13/h4,6,8H,1-3,5,7,10H2. The molecule has 0 radical (unpaired) electrons. The van der Waals surface area contributed by atoms with Gasteiger partial charge >= 0.3 is 0 Å². The molecule has 4 heteroatoms. The first kappa shape index (κ1) is 9.92. The Bertz CT molecular complexity index is 295. The van der Waals surface area contributed by atoms with E-state index in [9.17, 15) is 4.79 Å². The summed E-state index contributed by atoms with van der Waals surface area (Å²) in [5.74, 6) is 0. The van der Waals surface area contributed by atoms with Crippen LogP contribution >= 0.6 is 0 Å². The van der Waals surface area contributed by atoms with Crippen molar-refractivity contribution in [2.45, 2.75) is 25.8 Å². The molecule has 2 N–H and O–H groups in total. The lowest BCUT2D eigenvalue weighted by molar-refractivity contribution is 0.571. The fourth-order valence-electron chi connectivity index (χ4n) is 1.15. The number of unbranched alkanes of at least 4 members (excludes halogenated alkanes) is 2. The van der Waals surface area contributed by atoms with Crippen LogP contribution in [0.4, 0.5) is 0 Å². The zero-order valence-electron chi connectivity index (χ0n) is 7.65. The number of hydrogen-bond acceptors (Lipinski definition) is 3. The zero-order chi connectivity index (χ0) is 9.52. The number of rotatable bonds is 5. The average Bonchev–Trinajstić information content (AvgIpc) is 2.15. The first-order valence-electron chi connectivity index (χ1n) is 4.55. The van der Waals surface area contributed by atoms with Gasteiger partial charge < -0.3 is 5.73 Å². The van der Waals surface area contributed by atoms with Crippen molar-refractivity contribution in [1.29, 1.82) is 0 Å². The molecule has 1 rings (SSSR count). The van der Waals surface area contributed by atoms with E-state index in [1.54, 1.807) is 10.9 Å². The van der Waals surface area contributed by atoms with Gasteiger partial charge in [0.1, 0.15) is 0 Å². The Balaban J connectivity index is 2.37. The summed E-state index contributed by atoms with van der Waals surface area (Å²) in [5.41, 5.74) is 5.37. The second-order valence-electron chi connectivity index (χ2n) is 2.96. The van der Waals surface area contributed by atoms with Gasteiger partial charge in [0.25, 0.3) is 5.56 Å². The summed E-state index contributed by atoms with van der Waals surface area (Å²) >= 11 is 0. The highest BCUT2D eigenvalue weighted by Crippen LogP contribution is 1.94. The van der Waals surface area contributed by atoms with E-state index in [1.807, 2.05) is 0 Å². The van der Waals surface area contributed by atoms with Gasteiger partial charge in [0.2, 0.25) is 0 Å². The lowest BCUT2D eigenvalue weighted by atomic mass is 10.2. The topological polar surface area (TPSA) is 60.9 Å². The predicted octanol–water partition coefficient (Wildman–Crippen LogP) is 0.372. The van der Waals surface area contributed by atoms with Gasteiger partial charge in [-0.15, -0.1) is 0 Å². The molecule has 0 unspecified atom stereocenters. The number of aromatic nitrogens is 2. The number of nitrogens with zero attached hydrogens (tertiary/aromatic N) is 2. The SMILES string of the molecule is NCCCCCn1cnccc1=O. The molecule has 0 aromatic carbocycles. The van der Waals surface area contributed by atoms with Crippen LogP contribution in [0.5, 0.6) is 0 Å². The van der Waals surface area contributed by atoms with Crippen LogP contribution in [-0.2, 0) is 6.54 Å². The maximum Gasteiger partial charge on any atom is 0.253 e. The van der Waals surface area contributed by atoms with Crippen LogP contribution in [0.15, 0.2) is 23.4 Å². The normalized spacial score (nSPS) is 10.2. The Morgan fingerprint density at radius 3 is 2.92 bits per heavy atom. The van der Waals surface area contributed by atoms with Crippen molar-refractivity contribution >= 4 is 0 Å². The lowest BCUT2D eigenvalue weighted by Crippen LogP contribution is -2.18. The second kappa shape index (κ2) is 5.48. The van der Waals surface area contributed by atoms with Gasteiger partial charge in [-0.1, -0.05) is 6.42 Å². The summed E-state index contributed by atoms with van der Waals surface area (Å²) in [6.07, 6.45) is 6.17. The van der Waals surface area contributed by atoms with Crippen LogP contribution in [0, 0.1) is 0 Å². The fourth-order valence-corrected chi connectivity index (χ4v) is 1.15. The van der Waals surface area contributed by atoms with Crippen LogP contribution in [-0.4, -0.2) is 16.1 Å². The van der Waals surface area contributed by atoms with E-state index in [2.05, 4.69) is 4.98 Å². The molecule has 0 saturated carbocycles. The van der Waals surface area contributed by atoms with Crippen molar-refractivity contribution in [2.24, 2.45) is 5.73 Å². The van der Waals surface area contributed by atoms with Crippen molar-refractivity contribution in [3.05, 3.63) is 28.9 Å². The van der Waals surface area contributed by atoms with Gasteiger partial charge in [0.15, 0.2) is 0 Å². The minimum Gasteiger partial charge on any atom is -0.330 e. The third kappa shape index (κ3) is 3.38. The number of hydrogen-bond donors (Lipinski definition) is 1. The first-order valence-corrected chi connectivity index (χ1v) is 4.55. The molecule has 1 aromatic rings. The Kier molecular flexibility index (Phi) is 4.18. The summed E-state index contributed by atoms with van der Waals surface area (Å²) in [7, 11) is 0. The maximum absolute atomic E-state index is 11.2. The molecule has 0 spiro atoms. The van der Waals surface area contributed by atoms with E-state index in [0.29, 0.717) is 0 Å². The highest BCUT2D eigenvalue weighted by Gasteiger charge is 1.93. The summed E-state index contributed by atoms with van der Waals surface area (Å²) in [6, 6.07) is 1.48. The van der Waals surface area contributed by atoms with Gasteiger partial charge in [-0.25, -0.2) is 4.98 Å². The van der Waals surface area contributed by atoms with Gasteiger partial charge in [-0.2, -0.15) is 0 Å². The number of aryl methyl sites for hydroxylation is 1. The Morgan fingerprint density at radius 1 is 1.38 bits per heavy atom. The van der Waals surface area contributed by atoms with Crippen molar-refractivity contribution in [1.82, 2.24) is 9.55 Å². The zero-order valence-corrected chi connectivity index (χ0v) is 7.65. The third-order valence-electron chi connectivity index (χ3n) is 1.90. The molecule has 0 atom stereocenters. The second-order valence-corrected chi connectivity index (χ2v) is 2.96. The summed E-state index contributed by atoms with van der Waals surface area (Å²) < 4.78 is 1.62. The van der Waals surface area contributed by atoms with Gasteiger partial charge in [-0.3, -0.25) is 9.36 Å². The minimum atomic E-state index is 0.0164. The third-order valence-corrected chi connectivity index (χ3v) is 1.90. The molecule has 0 fully saturated rings. The van der Waals surface area contributed by atoms with E-state index in [4.69, 9.17) is 5.73 Å². The van der Waals surface area contributed by atoms with Crippen LogP contribution in [0.1, 0.15) is 19.3 Å². The van der Waals surface area contributed by atoms with Crippen molar-refractivity contribution < 1.29 is 0 Å². The van der Waals surface area contributed by atoms with Gasteiger partial charge in [0.05, 0.1) is 6.33 Å². The summed E-state index contributed by atoms with van der Waals surface area (Å²) in [4.78, 5) is 15.1. The van der Waals surface area contributed by atoms with Gasteiger partial charge in [-0.05, 0) is 19.4 Å². The lowest BCUT2D eigenvalue weighted by Gasteiger charge is -2.02. The molecule has 1 heterocycles. The summed E-state index contributed by atoms with van der Waals surface area (Å²) in [5, 5.41) is 0. The monoisotopic (exact) mass is 181 g/mol. The molecule has 0 aliphatic carbocycles. The molecule has 0 aliphatic rings. The van der Waals surface area contributed by atoms with Crippen LogP contribution in [0.2, 0.25) is 0 Å². The van der Waals surface area contributed by atoms with Crippen molar-refractivity contribution in [3.8, 4) is 0 Å². The molecule has 1 aromatic heterocycles. The molecular formula is C9H15N3O. The number of nitrogens with two attached hydrogens (primary N) is 1. The molecule has 0 bridgehead atoms. The Labute approximate surface area is 77.4 Å². The largest absolute Gasteiger partial charge is 0.330 e. The molecule has 4 nitrogen and oxygen atoms in total. The molecule has 0 aliphatic heterocycles. The van der Waals surface area contributed by atoms with Crippen molar-refractivity contribution in [3.63, 3.8) is 0 Å². The first-order chi connectivity index (χ1) is 6.34. The van der Waals surface area contributed by atoms with E-state index >= 15 is 0 Å². The van der Waals surface area contributed by atoms with Crippen LogP contribution < -0.4 is 11.3 Å². The highest BCUT2D eigenvalue weighted by atomic mass is 16.1.